The van der Waals surface area contributed by atoms with Crippen LogP contribution < -0.4 is 0 Å². The monoisotopic (exact) mass is 308 g/mol. The lowest BCUT2D eigenvalue weighted by molar-refractivity contribution is -0.136. The Labute approximate surface area is 135 Å². The van der Waals surface area contributed by atoms with E-state index in [1.54, 1.807) is 0 Å². The fourth-order valence-corrected chi connectivity index (χ4v) is 2.61. The van der Waals surface area contributed by atoms with Crippen LogP contribution in [-0.2, 0) is 16.6 Å². The van der Waals surface area contributed by atoms with Crippen molar-refractivity contribution in [1.82, 2.24) is 9.97 Å². The minimum Gasteiger partial charge on any atom is -0.481 e. The molecule has 3 aromatic rings. The van der Waals surface area contributed by atoms with Gasteiger partial charge in [-0.1, -0.05) is 51.1 Å². The molecule has 0 fully saturated rings. The molecule has 0 saturated carbocycles. The topological polar surface area (TPSA) is 66.0 Å². The highest BCUT2D eigenvalue weighted by Crippen LogP contribution is 2.26. The summed E-state index contributed by atoms with van der Waals surface area (Å²) in [4.78, 5) is 18.7. The van der Waals surface area contributed by atoms with Gasteiger partial charge in [-0.05, 0) is 28.7 Å². The molecule has 0 radical (unpaired) electrons. The summed E-state index contributed by atoms with van der Waals surface area (Å²) in [6.07, 6.45) is 0.0184. The molecule has 118 valence electrons. The standard InChI is InChI=1S/C19H20N2O2/c1-19(2,3)14-7-5-13(6-8-14)18-20-15-9-4-12(11-17(22)23)10-16(15)21-18/h4-10H,11H2,1-3H3,(H,20,21)(H,22,23). The molecule has 2 aromatic carbocycles. The summed E-state index contributed by atoms with van der Waals surface area (Å²) in [6, 6.07) is 13.9. The Kier molecular flexibility index (Phi) is 3.68. The van der Waals surface area contributed by atoms with Crippen LogP contribution in [0.5, 0.6) is 0 Å². The van der Waals surface area contributed by atoms with Gasteiger partial charge in [0.15, 0.2) is 0 Å². The quantitative estimate of drug-likeness (QED) is 0.763. The molecule has 2 N–H and O–H groups in total. The van der Waals surface area contributed by atoms with Gasteiger partial charge in [-0.2, -0.15) is 0 Å². The van der Waals surface area contributed by atoms with E-state index in [2.05, 4.69) is 55.0 Å². The van der Waals surface area contributed by atoms with Crippen LogP contribution >= 0.6 is 0 Å². The number of imidazole rings is 1. The SMILES string of the molecule is CC(C)(C)c1ccc(-c2nc3ccc(CC(=O)O)cc3[nH]2)cc1. The third-order valence-corrected chi connectivity index (χ3v) is 3.93. The number of nitrogens with zero attached hydrogens (tertiary/aromatic N) is 1. The third-order valence-electron chi connectivity index (χ3n) is 3.93. The van der Waals surface area contributed by atoms with Crippen LogP contribution in [0.3, 0.4) is 0 Å². The largest absolute Gasteiger partial charge is 0.481 e. The maximum absolute atomic E-state index is 10.8. The predicted octanol–water partition coefficient (Wildman–Crippen LogP) is 4.15. The molecule has 0 atom stereocenters. The number of hydrogen-bond acceptors (Lipinski definition) is 2. The van der Waals surface area contributed by atoms with E-state index >= 15 is 0 Å². The Morgan fingerprint density at radius 1 is 1.13 bits per heavy atom. The Balaban J connectivity index is 1.95. The molecule has 0 amide bonds. The summed E-state index contributed by atoms with van der Waals surface area (Å²) in [6.45, 7) is 6.56. The van der Waals surface area contributed by atoms with Gasteiger partial charge in [-0.25, -0.2) is 4.98 Å². The number of aromatic amines is 1. The first-order valence-electron chi connectivity index (χ1n) is 7.64. The molecule has 1 aromatic heterocycles. The molecule has 1 heterocycles. The Bertz CT molecular complexity index is 855. The van der Waals surface area contributed by atoms with Crippen LogP contribution in [0, 0.1) is 0 Å². The number of H-pyrrole nitrogens is 1. The first kappa shape index (κ1) is 15.3. The number of rotatable bonds is 3. The first-order chi connectivity index (χ1) is 10.8. The fourth-order valence-electron chi connectivity index (χ4n) is 2.61. The number of benzene rings is 2. The Hall–Kier alpha value is -2.62. The second kappa shape index (κ2) is 5.54. The van der Waals surface area contributed by atoms with Gasteiger partial charge in [0.2, 0.25) is 0 Å². The van der Waals surface area contributed by atoms with Crippen LogP contribution in [0.25, 0.3) is 22.4 Å². The highest BCUT2D eigenvalue weighted by Gasteiger charge is 2.14. The van der Waals surface area contributed by atoms with Crippen LogP contribution in [0.15, 0.2) is 42.5 Å². The lowest BCUT2D eigenvalue weighted by Gasteiger charge is -2.18. The second-order valence-electron chi connectivity index (χ2n) is 6.83. The summed E-state index contributed by atoms with van der Waals surface area (Å²) in [5.74, 6) is -0.0326. The highest BCUT2D eigenvalue weighted by molar-refractivity contribution is 5.81. The fraction of sp³-hybridized carbons (Fsp3) is 0.263. The number of nitrogens with one attached hydrogen (secondary N) is 1. The minimum atomic E-state index is -0.832. The van der Waals surface area contributed by atoms with Crippen molar-refractivity contribution in [1.29, 1.82) is 0 Å². The number of hydrogen-bond donors (Lipinski definition) is 2. The van der Waals surface area contributed by atoms with Crippen LogP contribution in [0.1, 0.15) is 31.9 Å². The Morgan fingerprint density at radius 2 is 1.83 bits per heavy atom. The summed E-state index contributed by atoms with van der Waals surface area (Å²) in [5.41, 5.74) is 4.89. The molecule has 0 aliphatic rings. The van der Waals surface area contributed by atoms with Gasteiger partial charge in [0.1, 0.15) is 5.82 Å². The molecular formula is C19H20N2O2. The van der Waals surface area contributed by atoms with E-state index in [-0.39, 0.29) is 11.8 Å². The minimum absolute atomic E-state index is 0.0184. The molecule has 0 saturated heterocycles. The zero-order valence-electron chi connectivity index (χ0n) is 13.6. The maximum Gasteiger partial charge on any atom is 0.307 e. The van der Waals surface area contributed by atoms with Crippen molar-refractivity contribution in [3.8, 4) is 11.4 Å². The molecule has 0 unspecified atom stereocenters. The van der Waals surface area contributed by atoms with Gasteiger partial charge in [-0.15, -0.1) is 0 Å². The van der Waals surface area contributed by atoms with Gasteiger partial charge in [0, 0.05) is 5.56 Å². The molecule has 0 spiro atoms. The number of carbonyl (C=O) groups is 1. The molecule has 0 bridgehead atoms. The van der Waals surface area contributed by atoms with E-state index in [0.717, 1.165) is 28.0 Å². The number of aromatic nitrogens is 2. The van der Waals surface area contributed by atoms with Crippen molar-refractivity contribution in [3.05, 3.63) is 53.6 Å². The van der Waals surface area contributed by atoms with E-state index in [9.17, 15) is 4.79 Å². The average molecular weight is 308 g/mol. The zero-order valence-corrected chi connectivity index (χ0v) is 13.6. The molecule has 4 nitrogen and oxygen atoms in total. The summed E-state index contributed by atoms with van der Waals surface area (Å²) >= 11 is 0. The van der Waals surface area contributed by atoms with Crippen molar-refractivity contribution in [2.45, 2.75) is 32.6 Å². The smallest absolute Gasteiger partial charge is 0.307 e. The normalized spacial score (nSPS) is 11.8. The summed E-state index contributed by atoms with van der Waals surface area (Å²) in [5, 5.41) is 8.89. The first-order valence-corrected chi connectivity index (χ1v) is 7.64. The van der Waals surface area contributed by atoms with Gasteiger partial charge < -0.3 is 10.1 Å². The van der Waals surface area contributed by atoms with Crippen molar-refractivity contribution in [2.75, 3.05) is 0 Å². The lowest BCUT2D eigenvalue weighted by Crippen LogP contribution is -2.10. The number of fused-ring (bicyclic) bond motifs is 1. The number of aliphatic carboxylic acids is 1. The molecule has 0 aliphatic heterocycles. The zero-order chi connectivity index (χ0) is 16.6. The van der Waals surface area contributed by atoms with Gasteiger partial charge in [-0.3, -0.25) is 4.79 Å². The average Bonchev–Trinajstić information content (AvgIpc) is 2.89. The van der Waals surface area contributed by atoms with E-state index in [1.165, 1.54) is 5.56 Å². The van der Waals surface area contributed by atoms with E-state index in [4.69, 9.17) is 5.11 Å². The molecular weight excluding hydrogens is 288 g/mol. The van der Waals surface area contributed by atoms with Gasteiger partial charge >= 0.3 is 5.97 Å². The molecule has 0 aliphatic carbocycles. The van der Waals surface area contributed by atoms with Gasteiger partial charge in [0.05, 0.1) is 17.5 Å². The molecule has 4 heteroatoms. The number of carboxylic acid groups (broad SMARTS) is 1. The summed E-state index contributed by atoms with van der Waals surface area (Å²) in [7, 11) is 0. The van der Waals surface area contributed by atoms with E-state index < -0.39 is 5.97 Å². The lowest BCUT2D eigenvalue weighted by atomic mass is 9.87. The van der Waals surface area contributed by atoms with Crippen molar-refractivity contribution >= 4 is 17.0 Å². The van der Waals surface area contributed by atoms with E-state index in [0.29, 0.717) is 0 Å². The van der Waals surface area contributed by atoms with Crippen LogP contribution in [-0.4, -0.2) is 21.0 Å². The predicted molar refractivity (Wildman–Crippen MR) is 91.6 cm³/mol. The van der Waals surface area contributed by atoms with Crippen LogP contribution in [0.4, 0.5) is 0 Å². The molecule has 23 heavy (non-hydrogen) atoms. The highest BCUT2D eigenvalue weighted by atomic mass is 16.4. The van der Waals surface area contributed by atoms with Crippen molar-refractivity contribution < 1.29 is 9.90 Å². The molecule has 3 rings (SSSR count). The van der Waals surface area contributed by atoms with Crippen molar-refractivity contribution in [2.24, 2.45) is 0 Å². The van der Waals surface area contributed by atoms with E-state index in [1.807, 2.05) is 18.2 Å². The van der Waals surface area contributed by atoms with Gasteiger partial charge in [0.25, 0.3) is 0 Å². The van der Waals surface area contributed by atoms with Crippen molar-refractivity contribution in [3.63, 3.8) is 0 Å². The third kappa shape index (κ3) is 3.26. The van der Waals surface area contributed by atoms with Crippen LogP contribution in [0.2, 0.25) is 0 Å². The Morgan fingerprint density at radius 3 is 2.43 bits per heavy atom. The maximum atomic E-state index is 10.8. The summed E-state index contributed by atoms with van der Waals surface area (Å²) < 4.78 is 0. The number of carboxylic acids is 1. The second-order valence-corrected chi connectivity index (χ2v) is 6.83.